The second-order valence-corrected chi connectivity index (χ2v) is 4.62. The SMILES string of the molecule is CC1C(N)CCC1c1c(Cl)cnn1C. The van der Waals surface area contributed by atoms with Crippen LogP contribution in [-0.2, 0) is 7.05 Å². The molecule has 0 saturated heterocycles. The molecule has 4 heteroatoms. The van der Waals surface area contributed by atoms with E-state index < -0.39 is 0 Å². The Morgan fingerprint density at radius 2 is 2.29 bits per heavy atom. The van der Waals surface area contributed by atoms with Crippen LogP contribution in [0.25, 0.3) is 0 Å². The molecule has 0 aliphatic heterocycles. The van der Waals surface area contributed by atoms with Gasteiger partial charge >= 0.3 is 0 Å². The summed E-state index contributed by atoms with van der Waals surface area (Å²) in [6.07, 6.45) is 3.93. The summed E-state index contributed by atoms with van der Waals surface area (Å²) >= 11 is 6.11. The van der Waals surface area contributed by atoms with Crippen LogP contribution in [0.4, 0.5) is 0 Å². The fourth-order valence-corrected chi connectivity index (χ4v) is 2.73. The Labute approximate surface area is 89.2 Å². The van der Waals surface area contributed by atoms with Crippen molar-refractivity contribution in [3.8, 4) is 0 Å². The van der Waals surface area contributed by atoms with Crippen molar-refractivity contribution in [1.82, 2.24) is 9.78 Å². The molecule has 0 bridgehead atoms. The minimum Gasteiger partial charge on any atom is -0.327 e. The molecule has 3 atom stereocenters. The smallest absolute Gasteiger partial charge is 0.0820 e. The van der Waals surface area contributed by atoms with Crippen LogP contribution < -0.4 is 5.73 Å². The Morgan fingerprint density at radius 3 is 2.71 bits per heavy atom. The molecular formula is C10H16ClN3. The van der Waals surface area contributed by atoms with Crippen LogP contribution in [0, 0.1) is 5.92 Å². The predicted molar refractivity (Wildman–Crippen MR) is 57.3 cm³/mol. The van der Waals surface area contributed by atoms with Gasteiger partial charge in [-0.2, -0.15) is 5.10 Å². The van der Waals surface area contributed by atoms with Crippen LogP contribution in [0.5, 0.6) is 0 Å². The summed E-state index contributed by atoms with van der Waals surface area (Å²) in [6.45, 7) is 2.20. The topological polar surface area (TPSA) is 43.8 Å². The van der Waals surface area contributed by atoms with Gasteiger partial charge in [0.25, 0.3) is 0 Å². The van der Waals surface area contributed by atoms with E-state index in [0.717, 1.165) is 23.6 Å². The van der Waals surface area contributed by atoms with Crippen LogP contribution in [0.15, 0.2) is 6.20 Å². The third-order valence-electron chi connectivity index (χ3n) is 3.41. The Morgan fingerprint density at radius 1 is 1.57 bits per heavy atom. The summed E-state index contributed by atoms with van der Waals surface area (Å²) in [5.41, 5.74) is 7.15. The van der Waals surface area contributed by atoms with Crippen LogP contribution in [0.2, 0.25) is 5.02 Å². The van der Waals surface area contributed by atoms with Crippen LogP contribution in [-0.4, -0.2) is 15.8 Å². The fourth-order valence-electron chi connectivity index (χ4n) is 2.42. The lowest BCUT2D eigenvalue weighted by atomic mass is 9.93. The summed E-state index contributed by atoms with van der Waals surface area (Å²) < 4.78 is 1.88. The molecule has 1 aromatic rings. The molecule has 78 valence electrons. The van der Waals surface area contributed by atoms with E-state index in [9.17, 15) is 0 Å². The van der Waals surface area contributed by atoms with E-state index in [2.05, 4.69) is 12.0 Å². The van der Waals surface area contributed by atoms with Crippen molar-refractivity contribution in [3.05, 3.63) is 16.9 Å². The first-order valence-corrected chi connectivity index (χ1v) is 5.42. The maximum absolute atomic E-state index is 6.11. The van der Waals surface area contributed by atoms with Gasteiger partial charge in [-0.1, -0.05) is 18.5 Å². The average molecular weight is 214 g/mol. The minimum absolute atomic E-state index is 0.311. The van der Waals surface area contributed by atoms with Gasteiger partial charge in [0.1, 0.15) is 0 Å². The Hall–Kier alpha value is -0.540. The quantitative estimate of drug-likeness (QED) is 0.775. The first kappa shape index (κ1) is 9.99. The summed E-state index contributed by atoms with van der Waals surface area (Å²) in [5, 5.41) is 4.94. The second kappa shape index (κ2) is 3.55. The Balaban J connectivity index is 2.32. The molecule has 2 N–H and O–H groups in total. The van der Waals surface area contributed by atoms with Crippen LogP contribution in [0.1, 0.15) is 31.4 Å². The van der Waals surface area contributed by atoms with E-state index in [1.165, 1.54) is 0 Å². The number of hydrogen-bond acceptors (Lipinski definition) is 2. The molecule has 1 fully saturated rings. The number of rotatable bonds is 1. The number of nitrogens with zero attached hydrogens (tertiary/aromatic N) is 2. The van der Waals surface area contributed by atoms with Crippen molar-refractivity contribution in [2.45, 2.75) is 31.7 Å². The number of halogens is 1. The van der Waals surface area contributed by atoms with Crippen molar-refractivity contribution in [2.75, 3.05) is 0 Å². The van der Waals surface area contributed by atoms with Crippen LogP contribution >= 0.6 is 11.6 Å². The molecule has 14 heavy (non-hydrogen) atoms. The monoisotopic (exact) mass is 213 g/mol. The van der Waals surface area contributed by atoms with Gasteiger partial charge < -0.3 is 5.73 Å². The first-order chi connectivity index (χ1) is 6.61. The normalized spacial score (nSPS) is 32.4. The number of aryl methyl sites for hydroxylation is 1. The maximum Gasteiger partial charge on any atom is 0.0820 e. The lowest BCUT2D eigenvalue weighted by Gasteiger charge is -2.18. The zero-order valence-corrected chi connectivity index (χ0v) is 9.33. The lowest BCUT2D eigenvalue weighted by Crippen LogP contribution is -2.25. The molecule has 0 amide bonds. The first-order valence-electron chi connectivity index (χ1n) is 5.04. The van der Waals surface area contributed by atoms with Gasteiger partial charge in [0.05, 0.1) is 16.9 Å². The average Bonchev–Trinajstić information content (AvgIpc) is 2.62. The highest BCUT2D eigenvalue weighted by atomic mass is 35.5. The second-order valence-electron chi connectivity index (χ2n) is 4.21. The number of hydrogen-bond donors (Lipinski definition) is 1. The molecule has 1 saturated carbocycles. The van der Waals surface area contributed by atoms with E-state index in [4.69, 9.17) is 17.3 Å². The zero-order valence-electron chi connectivity index (χ0n) is 8.57. The zero-order chi connectivity index (χ0) is 10.3. The number of aromatic nitrogens is 2. The van der Waals surface area contributed by atoms with Gasteiger partial charge in [0.2, 0.25) is 0 Å². The molecular weight excluding hydrogens is 198 g/mol. The lowest BCUT2D eigenvalue weighted by molar-refractivity contribution is 0.458. The molecule has 0 radical (unpaired) electrons. The molecule has 0 aromatic carbocycles. The predicted octanol–water partition coefficient (Wildman–Crippen LogP) is 1.91. The Kier molecular flexibility index (Phi) is 2.54. The van der Waals surface area contributed by atoms with E-state index in [1.807, 2.05) is 11.7 Å². The third kappa shape index (κ3) is 1.44. The summed E-state index contributed by atoms with van der Waals surface area (Å²) in [6, 6.07) is 0.311. The van der Waals surface area contributed by atoms with Gasteiger partial charge in [0.15, 0.2) is 0 Å². The number of nitrogens with two attached hydrogens (primary N) is 1. The molecule has 2 rings (SSSR count). The molecule has 3 nitrogen and oxygen atoms in total. The van der Waals surface area contributed by atoms with Crippen molar-refractivity contribution < 1.29 is 0 Å². The fraction of sp³-hybridized carbons (Fsp3) is 0.700. The van der Waals surface area contributed by atoms with Gasteiger partial charge in [-0.3, -0.25) is 4.68 Å². The van der Waals surface area contributed by atoms with Gasteiger partial charge in [-0.05, 0) is 18.8 Å². The summed E-state index contributed by atoms with van der Waals surface area (Å²) in [4.78, 5) is 0. The summed E-state index contributed by atoms with van der Waals surface area (Å²) in [5.74, 6) is 0.980. The highest BCUT2D eigenvalue weighted by Crippen LogP contribution is 2.40. The molecule has 1 aromatic heterocycles. The van der Waals surface area contributed by atoms with Crippen molar-refractivity contribution in [1.29, 1.82) is 0 Å². The minimum atomic E-state index is 0.311. The van der Waals surface area contributed by atoms with E-state index in [-0.39, 0.29) is 0 Å². The third-order valence-corrected chi connectivity index (χ3v) is 3.70. The van der Waals surface area contributed by atoms with Gasteiger partial charge in [0, 0.05) is 19.0 Å². The van der Waals surface area contributed by atoms with E-state index >= 15 is 0 Å². The van der Waals surface area contributed by atoms with E-state index in [1.54, 1.807) is 6.20 Å². The summed E-state index contributed by atoms with van der Waals surface area (Å²) in [7, 11) is 1.94. The van der Waals surface area contributed by atoms with Crippen molar-refractivity contribution in [2.24, 2.45) is 18.7 Å². The maximum atomic E-state index is 6.11. The highest BCUT2D eigenvalue weighted by molar-refractivity contribution is 6.31. The van der Waals surface area contributed by atoms with E-state index in [0.29, 0.717) is 17.9 Å². The molecule has 1 aliphatic rings. The largest absolute Gasteiger partial charge is 0.327 e. The molecule has 3 unspecified atom stereocenters. The molecule has 0 spiro atoms. The van der Waals surface area contributed by atoms with Crippen LogP contribution in [0.3, 0.4) is 0 Å². The highest BCUT2D eigenvalue weighted by Gasteiger charge is 2.34. The standard InChI is InChI=1S/C10H16ClN3/c1-6-7(3-4-9(6)12)10-8(11)5-13-14(10)2/h5-7,9H,3-4,12H2,1-2H3. The van der Waals surface area contributed by atoms with Crippen molar-refractivity contribution >= 4 is 11.6 Å². The molecule has 1 aliphatic carbocycles. The Bertz CT molecular complexity index is 315. The van der Waals surface area contributed by atoms with Crippen molar-refractivity contribution in [3.63, 3.8) is 0 Å². The molecule has 1 heterocycles. The van der Waals surface area contributed by atoms with Gasteiger partial charge in [-0.25, -0.2) is 0 Å². The van der Waals surface area contributed by atoms with Gasteiger partial charge in [-0.15, -0.1) is 0 Å².